The molecule has 0 radical (unpaired) electrons. The molecular formula is C7H2Cl2F2INO. The van der Waals surface area contributed by atoms with Crippen molar-refractivity contribution in [2.24, 2.45) is 0 Å². The largest absolute Gasteiger partial charge is 0.280 e. The Balaban J connectivity index is 3.35. The summed E-state index contributed by atoms with van der Waals surface area (Å²) in [5.74, 6) is 0. The van der Waals surface area contributed by atoms with E-state index in [1.54, 1.807) is 22.6 Å². The fraction of sp³-hybridized carbons (Fsp3) is 0.143. The summed E-state index contributed by atoms with van der Waals surface area (Å²) in [7, 11) is 0. The van der Waals surface area contributed by atoms with Gasteiger partial charge in [0.1, 0.15) is 11.4 Å². The molecule has 0 bridgehead atoms. The predicted octanol–water partition coefficient (Wildman–Crippen LogP) is 3.66. The Hall–Kier alpha value is -0.0100. The fourth-order valence-corrected chi connectivity index (χ4v) is 1.70. The molecule has 1 aromatic rings. The first kappa shape index (κ1) is 12.1. The van der Waals surface area contributed by atoms with Crippen molar-refractivity contribution in [2.75, 3.05) is 0 Å². The highest BCUT2D eigenvalue weighted by molar-refractivity contribution is 14.1. The highest BCUT2D eigenvalue weighted by atomic mass is 127. The van der Waals surface area contributed by atoms with Gasteiger partial charge in [0.05, 0.1) is 5.02 Å². The highest BCUT2D eigenvalue weighted by Gasteiger charge is 2.18. The number of nitrogens with zero attached hydrogens (tertiary/aromatic N) is 1. The zero-order chi connectivity index (χ0) is 10.9. The molecule has 0 atom stereocenters. The first-order chi connectivity index (χ1) is 6.43. The van der Waals surface area contributed by atoms with Gasteiger partial charge < -0.3 is 0 Å². The summed E-state index contributed by atoms with van der Waals surface area (Å²) in [6, 6.07) is 1.11. The monoisotopic (exact) mass is 351 g/mol. The molecule has 0 aliphatic rings. The zero-order valence-electron chi connectivity index (χ0n) is 6.40. The van der Waals surface area contributed by atoms with Crippen molar-refractivity contribution in [2.45, 2.75) is 6.43 Å². The van der Waals surface area contributed by atoms with Gasteiger partial charge in [0.15, 0.2) is 0 Å². The molecule has 1 heterocycles. The number of carbonyl (C=O) groups excluding carboxylic acids is 1. The maximum Gasteiger partial charge on any atom is 0.280 e. The van der Waals surface area contributed by atoms with Crippen molar-refractivity contribution in [3.8, 4) is 0 Å². The fourth-order valence-electron chi connectivity index (χ4n) is 0.759. The molecule has 0 saturated carbocycles. The van der Waals surface area contributed by atoms with Crippen LogP contribution in [0, 0.1) is 3.57 Å². The number of pyridine rings is 1. The van der Waals surface area contributed by atoms with Crippen LogP contribution in [0.4, 0.5) is 8.78 Å². The van der Waals surface area contributed by atoms with Crippen molar-refractivity contribution < 1.29 is 13.6 Å². The van der Waals surface area contributed by atoms with Gasteiger partial charge in [0.2, 0.25) is 0 Å². The first-order valence-electron chi connectivity index (χ1n) is 3.27. The summed E-state index contributed by atoms with van der Waals surface area (Å²) in [6.07, 6.45) is -2.75. The Kier molecular flexibility index (Phi) is 4.03. The molecule has 0 saturated heterocycles. The van der Waals surface area contributed by atoms with E-state index in [0.717, 1.165) is 6.07 Å². The quantitative estimate of drug-likeness (QED) is 0.601. The standard InChI is InChI=1S/C7H2Cl2F2INO/c8-4-2(12)1-3(7(10)11)13-5(4)6(9)14/h1,7H. The van der Waals surface area contributed by atoms with Crippen LogP contribution < -0.4 is 0 Å². The van der Waals surface area contributed by atoms with E-state index >= 15 is 0 Å². The lowest BCUT2D eigenvalue weighted by Crippen LogP contribution is -2.02. The SMILES string of the molecule is O=C(Cl)c1nc(C(F)F)cc(I)c1Cl. The van der Waals surface area contributed by atoms with E-state index in [1.807, 2.05) is 0 Å². The van der Waals surface area contributed by atoms with E-state index in [1.165, 1.54) is 0 Å². The van der Waals surface area contributed by atoms with Gasteiger partial charge >= 0.3 is 0 Å². The van der Waals surface area contributed by atoms with Gasteiger partial charge in [-0.05, 0) is 40.3 Å². The molecule has 2 nitrogen and oxygen atoms in total. The Morgan fingerprint density at radius 2 is 2.14 bits per heavy atom. The van der Waals surface area contributed by atoms with Gasteiger partial charge in [-0.3, -0.25) is 4.79 Å². The van der Waals surface area contributed by atoms with Gasteiger partial charge in [0.25, 0.3) is 11.7 Å². The minimum Gasteiger partial charge on any atom is -0.274 e. The van der Waals surface area contributed by atoms with Crippen molar-refractivity contribution in [1.29, 1.82) is 0 Å². The van der Waals surface area contributed by atoms with E-state index in [2.05, 4.69) is 4.98 Å². The second kappa shape index (κ2) is 4.67. The van der Waals surface area contributed by atoms with Gasteiger partial charge in [-0.15, -0.1) is 0 Å². The number of hydrogen-bond acceptors (Lipinski definition) is 2. The molecule has 0 aliphatic carbocycles. The van der Waals surface area contributed by atoms with Crippen molar-refractivity contribution in [3.63, 3.8) is 0 Å². The second-order valence-electron chi connectivity index (χ2n) is 2.27. The van der Waals surface area contributed by atoms with Crippen molar-refractivity contribution in [3.05, 3.63) is 26.0 Å². The molecule has 0 N–H and O–H groups in total. The van der Waals surface area contributed by atoms with E-state index < -0.39 is 17.4 Å². The maximum absolute atomic E-state index is 12.3. The third-order valence-electron chi connectivity index (χ3n) is 1.34. The van der Waals surface area contributed by atoms with Crippen molar-refractivity contribution >= 4 is 51.0 Å². The summed E-state index contributed by atoms with van der Waals surface area (Å²) >= 11 is 12.5. The highest BCUT2D eigenvalue weighted by Crippen LogP contribution is 2.27. The molecule has 0 aliphatic heterocycles. The average Bonchev–Trinajstić information content (AvgIpc) is 2.08. The van der Waals surface area contributed by atoms with Crippen LogP contribution in [0.5, 0.6) is 0 Å². The smallest absolute Gasteiger partial charge is 0.274 e. The third-order valence-corrected chi connectivity index (χ3v) is 3.07. The van der Waals surface area contributed by atoms with E-state index in [9.17, 15) is 13.6 Å². The molecule has 0 unspecified atom stereocenters. The molecule has 0 amide bonds. The Labute approximate surface area is 102 Å². The lowest BCUT2D eigenvalue weighted by atomic mass is 10.3. The summed E-state index contributed by atoms with van der Waals surface area (Å²) in [5.41, 5.74) is -0.849. The molecule has 0 spiro atoms. The normalized spacial score (nSPS) is 10.7. The molecule has 0 fully saturated rings. The topological polar surface area (TPSA) is 30.0 Å². The number of carbonyl (C=O) groups is 1. The average molecular weight is 352 g/mol. The lowest BCUT2D eigenvalue weighted by molar-refractivity contribution is 0.107. The molecule has 7 heteroatoms. The number of rotatable bonds is 2. The molecule has 14 heavy (non-hydrogen) atoms. The Bertz CT molecular complexity index is 386. The number of alkyl halides is 2. The van der Waals surface area contributed by atoms with E-state index in [0.29, 0.717) is 3.57 Å². The Morgan fingerprint density at radius 3 is 2.57 bits per heavy atom. The summed E-state index contributed by atoms with van der Waals surface area (Å²) in [4.78, 5) is 14.1. The molecule has 76 valence electrons. The predicted molar refractivity (Wildman–Crippen MR) is 57.1 cm³/mol. The van der Waals surface area contributed by atoms with Gasteiger partial charge in [-0.2, -0.15) is 0 Å². The van der Waals surface area contributed by atoms with Crippen LogP contribution in [0.25, 0.3) is 0 Å². The van der Waals surface area contributed by atoms with E-state index in [-0.39, 0.29) is 10.7 Å². The minimum absolute atomic E-state index is 0.00463. The number of hydrogen-bond donors (Lipinski definition) is 0. The molecule has 1 aromatic heterocycles. The van der Waals surface area contributed by atoms with Crippen LogP contribution in [0.15, 0.2) is 6.07 Å². The van der Waals surface area contributed by atoms with Gasteiger partial charge in [0, 0.05) is 3.57 Å². The van der Waals surface area contributed by atoms with Crippen LogP contribution in [0.2, 0.25) is 5.02 Å². The second-order valence-corrected chi connectivity index (χ2v) is 4.15. The van der Waals surface area contributed by atoms with E-state index in [4.69, 9.17) is 23.2 Å². The number of aromatic nitrogens is 1. The van der Waals surface area contributed by atoms with Gasteiger partial charge in [-0.1, -0.05) is 11.6 Å². The summed E-state index contributed by atoms with van der Waals surface area (Å²) in [6.45, 7) is 0. The number of halogens is 5. The zero-order valence-corrected chi connectivity index (χ0v) is 10.1. The van der Waals surface area contributed by atoms with Crippen LogP contribution >= 0.6 is 45.8 Å². The minimum atomic E-state index is -2.75. The molecular weight excluding hydrogens is 350 g/mol. The summed E-state index contributed by atoms with van der Waals surface area (Å²) < 4.78 is 24.8. The van der Waals surface area contributed by atoms with Crippen LogP contribution in [0.1, 0.15) is 22.6 Å². The lowest BCUT2D eigenvalue weighted by Gasteiger charge is -2.04. The van der Waals surface area contributed by atoms with Gasteiger partial charge in [-0.25, -0.2) is 13.8 Å². The Morgan fingerprint density at radius 1 is 1.57 bits per heavy atom. The summed E-state index contributed by atoms with van der Waals surface area (Å²) in [5, 5.41) is -0.953. The van der Waals surface area contributed by atoms with Crippen LogP contribution in [0.3, 0.4) is 0 Å². The first-order valence-corrected chi connectivity index (χ1v) is 5.11. The molecule has 1 rings (SSSR count). The van der Waals surface area contributed by atoms with Crippen LogP contribution in [-0.2, 0) is 0 Å². The van der Waals surface area contributed by atoms with Crippen molar-refractivity contribution in [1.82, 2.24) is 4.98 Å². The molecule has 0 aromatic carbocycles. The van der Waals surface area contributed by atoms with Crippen LogP contribution in [-0.4, -0.2) is 10.2 Å². The maximum atomic E-state index is 12.3. The third kappa shape index (κ3) is 2.52.